The van der Waals surface area contributed by atoms with E-state index in [0.29, 0.717) is 41.8 Å². The summed E-state index contributed by atoms with van der Waals surface area (Å²) in [6.45, 7) is 5.13. The molecular weight excluding hydrogens is 517 g/mol. The number of likely N-dealkylation sites (N-methyl/N-ethyl adjacent to an activating group) is 1. The lowest BCUT2D eigenvalue weighted by Crippen LogP contribution is -2.44. The van der Waals surface area contributed by atoms with Gasteiger partial charge in [0.1, 0.15) is 0 Å². The first-order valence-corrected chi connectivity index (χ1v) is 13.3. The van der Waals surface area contributed by atoms with E-state index in [4.69, 9.17) is 0 Å². The van der Waals surface area contributed by atoms with Gasteiger partial charge in [-0.25, -0.2) is 9.97 Å². The number of carbonyl (C=O) groups excluding carboxylic acids is 1. The lowest BCUT2D eigenvalue weighted by Gasteiger charge is -2.33. The van der Waals surface area contributed by atoms with Gasteiger partial charge in [-0.1, -0.05) is 24.0 Å². The van der Waals surface area contributed by atoms with Crippen molar-refractivity contribution in [3.8, 4) is 11.8 Å². The SMILES string of the molecule is Cc1ccc(C(=O)Nc2ccc(CN3CCN(C)CC3)c(C(F)(F)F)c2)cc1C#Cc1cnc(NC2CC2)nc1. The highest BCUT2D eigenvalue weighted by atomic mass is 19.4. The molecule has 40 heavy (non-hydrogen) atoms. The summed E-state index contributed by atoms with van der Waals surface area (Å²) in [6, 6.07) is 9.47. The Morgan fingerprint density at radius 1 is 1.02 bits per heavy atom. The maximum Gasteiger partial charge on any atom is 0.416 e. The molecule has 1 saturated heterocycles. The van der Waals surface area contributed by atoms with Crippen molar-refractivity contribution >= 4 is 17.5 Å². The first kappa shape index (κ1) is 27.6. The highest BCUT2D eigenvalue weighted by molar-refractivity contribution is 6.04. The lowest BCUT2D eigenvalue weighted by atomic mass is 10.0. The van der Waals surface area contributed by atoms with E-state index in [0.717, 1.165) is 37.6 Å². The molecule has 0 spiro atoms. The highest BCUT2D eigenvalue weighted by Gasteiger charge is 2.34. The summed E-state index contributed by atoms with van der Waals surface area (Å²) in [4.78, 5) is 25.7. The number of piperazine rings is 1. The van der Waals surface area contributed by atoms with Crippen molar-refractivity contribution in [2.24, 2.45) is 0 Å². The molecule has 2 aromatic carbocycles. The van der Waals surface area contributed by atoms with Crippen molar-refractivity contribution < 1.29 is 18.0 Å². The normalized spacial score (nSPS) is 16.2. The Balaban J connectivity index is 1.29. The van der Waals surface area contributed by atoms with Crippen molar-refractivity contribution in [3.05, 3.63) is 82.2 Å². The zero-order valence-electron chi connectivity index (χ0n) is 22.5. The number of anilines is 2. The maximum absolute atomic E-state index is 13.9. The van der Waals surface area contributed by atoms with Crippen molar-refractivity contribution in [2.45, 2.75) is 38.5 Å². The van der Waals surface area contributed by atoms with Crippen LogP contribution in [0.4, 0.5) is 24.8 Å². The number of carbonyl (C=O) groups is 1. The Morgan fingerprint density at radius 3 is 2.42 bits per heavy atom. The number of nitrogens with one attached hydrogen (secondary N) is 2. The molecule has 2 heterocycles. The molecule has 1 aromatic heterocycles. The number of rotatable bonds is 6. The van der Waals surface area contributed by atoms with Crippen LogP contribution in [0.1, 0.15) is 51.0 Å². The van der Waals surface area contributed by atoms with E-state index < -0.39 is 17.6 Å². The van der Waals surface area contributed by atoms with Gasteiger partial charge in [0.05, 0.1) is 11.1 Å². The van der Waals surface area contributed by atoms with Crippen LogP contribution >= 0.6 is 0 Å². The van der Waals surface area contributed by atoms with Gasteiger partial charge in [0.25, 0.3) is 5.91 Å². The number of nitrogens with zero attached hydrogens (tertiary/aromatic N) is 4. The molecule has 208 valence electrons. The second-order valence-corrected chi connectivity index (χ2v) is 10.4. The summed E-state index contributed by atoms with van der Waals surface area (Å²) in [5.41, 5.74) is 1.97. The zero-order chi connectivity index (χ0) is 28.3. The minimum absolute atomic E-state index is 0.0877. The quantitative estimate of drug-likeness (QED) is 0.432. The minimum atomic E-state index is -4.54. The molecule has 0 atom stereocenters. The van der Waals surface area contributed by atoms with Gasteiger partial charge in [0.2, 0.25) is 5.95 Å². The number of amides is 1. The van der Waals surface area contributed by atoms with Gasteiger partial charge in [-0.2, -0.15) is 13.2 Å². The molecule has 0 radical (unpaired) electrons. The minimum Gasteiger partial charge on any atom is -0.351 e. The van der Waals surface area contributed by atoms with Crippen LogP contribution in [0.5, 0.6) is 0 Å². The highest BCUT2D eigenvalue weighted by Crippen LogP contribution is 2.35. The maximum atomic E-state index is 13.9. The summed E-state index contributed by atoms with van der Waals surface area (Å²) in [5, 5.41) is 5.84. The third kappa shape index (κ3) is 7.17. The molecule has 1 aliphatic carbocycles. The number of hydrogen-bond donors (Lipinski definition) is 2. The first-order chi connectivity index (χ1) is 19.1. The van der Waals surface area contributed by atoms with Crippen LogP contribution in [-0.4, -0.2) is 64.9 Å². The summed E-state index contributed by atoms with van der Waals surface area (Å²) >= 11 is 0. The zero-order valence-corrected chi connectivity index (χ0v) is 22.5. The topological polar surface area (TPSA) is 73.4 Å². The van der Waals surface area contributed by atoms with Crippen LogP contribution in [0.3, 0.4) is 0 Å². The van der Waals surface area contributed by atoms with Crippen molar-refractivity contribution in [1.29, 1.82) is 0 Å². The molecule has 1 amide bonds. The van der Waals surface area contributed by atoms with Crippen molar-refractivity contribution in [3.63, 3.8) is 0 Å². The molecule has 1 saturated carbocycles. The Bertz CT molecular complexity index is 1430. The van der Waals surface area contributed by atoms with Crippen LogP contribution in [0, 0.1) is 18.8 Å². The average molecular weight is 549 g/mol. The van der Waals surface area contributed by atoms with Gasteiger partial charge in [-0.05, 0) is 62.2 Å². The Labute approximate surface area is 231 Å². The van der Waals surface area contributed by atoms with Gasteiger partial charge in [-0.15, -0.1) is 0 Å². The monoisotopic (exact) mass is 548 g/mol. The third-order valence-corrected chi connectivity index (χ3v) is 7.07. The molecule has 1 aliphatic heterocycles. The Morgan fingerprint density at radius 2 is 1.75 bits per heavy atom. The summed E-state index contributed by atoms with van der Waals surface area (Å²) in [5.74, 6) is 6.13. The molecule has 0 unspecified atom stereocenters. The van der Waals surface area contributed by atoms with E-state index in [2.05, 4.69) is 37.3 Å². The number of benzene rings is 2. The van der Waals surface area contributed by atoms with Gasteiger partial charge in [0.15, 0.2) is 0 Å². The van der Waals surface area contributed by atoms with Crippen LogP contribution in [0.15, 0.2) is 48.8 Å². The predicted octanol–water partition coefficient (Wildman–Crippen LogP) is 4.78. The molecular formula is C30H31F3N6O. The third-order valence-electron chi connectivity index (χ3n) is 7.07. The number of aryl methyl sites for hydroxylation is 1. The van der Waals surface area contributed by atoms with Gasteiger partial charge in [-0.3, -0.25) is 9.69 Å². The second kappa shape index (κ2) is 11.7. The van der Waals surface area contributed by atoms with Crippen LogP contribution < -0.4 is 10.6 Å². The van der Waals surface area contributed by atoms with E-state index in [9.17, 15) is 18.0 Å². The molecule has 2 fully saturated rings. The fourth-order valence-corrected chi connectivity index (χ4v) is 4.42. The number of aromatic nitrogens is 2. The van der Waals surface area contributed by atoms with Gasteiger partial charge >= 0.3 is 6.18 Å². The second-order valence-electron chi connectivity index (χ2n) is 10.4. The fourth-order valence-electron chi connectivity index (χ4n) is 4.42. The van der Waals surface area contributed by atoms with Crippen LogP contribution in [0.2, 0.25) is 0 Å². The Hall–Kier alpha value is -3.94. The summed E-state index contributed by atoms with van der Waals surface area (Å²) < 4.78 is 41.8. The number of alkyl halides is 3. The van der Waals surface area contributed by atoms with Gasteiger partial charge in [0, 0.05) is 68.0 Å². The smallest absolute Gasteiger partial charge is 0.351 e. The molecule has 7 nitrogen and oxygen atoms in total. The molecule has 2 N–H and O–H groups in total. The van der Waals surface area contributed by atoms with E-state index >= 15 is 0 Å². The van der Waals surface area contributed by atoms with E-state index in [1.165, 1.54) is 12.1 Å². The average Bonchev–Trinajstić information content (AvgIpc) is 3.74. The van der Waals surface area contributed by atoms with Crippen molar-refractivity contribution in [2.75, 3.05) is 43.9 Å². The molecule has 5 rings (SSSR count). The van der Waals surface area contributed by atoms with Crippen molar-refractivity contribution in [1.82, 2.24) is 19.8 Å². The van der Waals surface area contributed by atoms with E-state index in [-0.39, 0.29) is 17.8 Å². The fraction of sp³-hybridized carbons (Fsp3) is 0.367. The number of hydrogen-bond acceptors (Lipinski definition) is 6. The molecule has 0 bridgehead atoms. The standard InChI is InChI=1S/C30H31F3N6O/c1-20-3-5-23(15-22(20)6-4-21-17-34-29(35-18-21)37-25-9-10-25)28(40)36-26-8-7-24(27(16-26)30(31,32)33)19-39-13-11-38(2)12-14-39/h3,5,7-8,15-18,25H,9-14,19H2,1-2H3,(H,36,40)(H,34,35,37). The predicted molar refractivity (Wildman–Crippen MR) is 148 cm³/mol. The molecule has 3 aromatic rings. The van der Waals surface area contributed by atoms with Gasteiger partial charge < -0.3 is 15.5 Å². The molecule has 10 heteroatoms. The van der Waals surface area contributed by atoms with E-state index in [1.54, 1.807) is 30.6 Å². The summed E-state index contributed by atoms with van der Waals surface area (Å²) in [7, 11) is 2.00. The van der Waals surface area contributed by atoms with Crippen LogP contribution in [-0.2, 0) is 12.7 Å². The first-order valence-electron chi connectivity index (χ1n) is 13.3. The number of halogens is 3. The summed E-state index contributed by atoms with van der Waals surface area (Å²) in [6.07, 6.45) is 0.995. The molecule has 2 aliphatic rings. The van der Waals surface area contributed by atoms with E-state index in [1.807, 2.05) is 18.9 Å². The lowest BCUT2D eigenvalue weighted by molar-refractivity contribution is -0.138. The largest absolute Gasteiger partial charge is 0.416 e. The Kier molecular flexibility index (Phi) is 8.05. The van der Waals surface area contributed by atoms with Crippen LogP contribution in [0.25, 0.3) is 0 Å².